The Bertz CT molecular complexity index is 81.4. The molecule has 0 aromatic carbocycles. The van der Waals surface area contributed by atoms with Crippen molar-refractivity contribution in [2.45, 2.75) is 51.9 Å². The third-order valence-electron chi connectivity index (χ3n) is 2.25. The van der Waals surface area contributed by atoms with Gasteiger partial charge in [0, 0.05) is 6.54 Å². The van der Waals surface area contributed by atoms with E-state index < -0.39 is 0 Å². The van der Waals surface area contributed by atoms with Crippen LogP contribution >= 0.6 is 12.4 Å². The molecule has 0 saturated carbocycles. The average Bonchev–Trinajstić information content (AvgIpc) is 2.16. The first-order chi connectivity index (χ1) is 6.41. The fourth-order valence-corrected chi connectivity index (χ4v) is 1.41. The molecule has 2 N–H and O–H groups in total. The largest absolute Gasteiger partial charge is 0.395 e. The summed E-state index contributed by atoms with van der Waals surface area (Å²) in [6.07, 6.45) is 9.49. The molecule has 0 aliphatic rings. The highest BCUT2D eigenvalue weighted by Gasteiger charge is 1.90. The summed E-state index contributed by atoms with van der Waals surface area (Å²) in [4.78, 5) is 0. The number of aliphatic hydroxyl groups excluding tert-OH is 1. The summed E-state index contributed by atoms with van der Waals surface area (Å²) >= 11 is 0. The van der Waals surface area contributed by atoms with Crippen molar-refractivity contribution < 1.29 is 5.11 Å². The first-order valence-electron chi connectivity index (χ1n) is 5.73. The van der Waals surface area contributed by atoms with Crippen molar-refractivity contribution in [3.8, 4) is 0 Å². The average molecular weight is 224 g/mol. The zero-order valence-corrected chi connectivity index (χ0v) is 10.2. The maximum absolute atomic E-state index is 8.50. The van der Waals surface area contributed by atoms with Crippen molar-refractivity contribution in [2.24, 2.45) is 0 Å². The fraction of sp³-hybridized carbons (Fsp3) is 1.00. The van der Waals surface area contributed by atoms with Gasteiger partial charge in [-0.15, -0.1) is 12.4 Å². The lowest BCUT2D eigenvalue weighted by atomic mass is 10.1. The highest BCUT2D eigenvalue weighted by Crippen LogP contribution is 2.05. The molecule has 0 amide bonds. The van der Waals surface area contributed by atoms with Gasteiger partial charge in [-0.2, -0.15) is 0 Å². The smallest absolute Gasteiger partial charge is 0.0555 e. The monoisotopic (exact) mass is 223 g/mol. The Hall–Kier alpha value is 0.210. The molecule has 0 radical (unpaired) electrons. The van der Waals surface area contributed by atoms with Gasteiger partial charge < -0.3 is 10.4 Å². The molecule has 3 heteroatoms. The van der Waals surface area contributed by atoms with E-state index in [0.29, 0.717) is 0 Å². The molecule has 0 fully saturated rings. The molecular weight excluding hydrogens is 198 g/mol. The van der Waals surface area contributed by atoms with Crippen LogP contribution in [0.2, 0.25) is 0 Å². The standard InChI is InChI=1S/C11H25NO.ClH/c1-2-3-4-5-6-7-8-9-12-10-11-13;/h12-13H,2-11H2,1H3;1H. The number of nitrogens with one attached hydrogen (secondary N) is 1. The summed E-state index contributed by atoms with van der Waals surface area (Å²) in [6.45, 7) is 4.32. The Morgan fingerprint density at radius 3 is 2.00 bits per heavy atom. The number of rotatable bonds is 10. The summed E-state index contributed by atoms with van der Waals surface area (Å²) in [5.74, 6) is 0. The van der Waals surface area contributed by atoms with E-state index in [0.717, 1.165) is 13.1 Å². The van der Waals surface area contributed by atoms with E-state index in [2.05, 4.69) is 12.2 Å². The van der Waals surface area contributed by atoms with Crippen molar-refractivity contribution in [2.75, 3.05) is 19.7 Å². The quantitative estimate of drug-likeness (QED) is 0.559. The van der Waals surface area contributed by atoms with E-state index in [9.17, 15) is 0 Å². The lowest BCUT2D eigenvalue weighted by Crippen LogP contribution is -2.19. The molecule has 0 unspecified atom stereocenters. The molecule has 0 heterocycles. The van der Waals surface area contributed by atoms with E-state index in [1.54, 1.807) is 0 Å². The SMILES string of the molecule is CCCCCCCCCNCCO.Cl. The summed E-state index contributed by atoms with van der Waals surface area (Å²) in [5, 5.41) is 11.7. The second kappa shape index (κ2) is 15.7. The normalized spacial score (nSPS) is 9.86. The zero-order valence-electron chi connectivity index (χ0n) is 9.43. The van der Waals surface area contributed by atoms with Gasteiger partial charge in [-0.05, 0) is 13.0 Å². The molecule has 2 nitrogen and oxygen atoms in total. The molecule has 0 bridgehead atoms. The van der Waals surface area contributed by atoms with Gasteiger partial charge in [-0.3, -0.25) is 0 Å². The molecule has 0 spiro atoms. The minimum absolute atomic E-state index is 0. The summed E-state index contributed by atoms with van der Waals surface area (Å²) in [6, 6.07) is 0. The fourth-order valence-electron chi connectivity index (χ4n) is 1.41. The number of aliphatic hydroxyl groups is 1. The maximum Gasteiger partial charge on any atom is 0.0555 e. The third-order valence-corrected chi connectivity index (χ3v) is 2.25. The Kier molecular flexibility index (Phi) is 18.6. The first-order valence-corrected chi connectivity index (χ1v) is 5.73. The van der Waals surface area contributed by atoms with Gasteiger partial charge in [0.25, 0.3) is 0 Å². The lowest BCUT2D eigenvalue weighted by molar-refractivity contribution is 0.292. The predicted octanol–water partition coefficient (Wildman–Crippen LogP) is 2.74. The van der Waals surface area contributed by atoms with Gasteiger partial charge in [0.15, 0.2) is 0 Å². The van der Waals surface area contributed by atoms with Crippen LogP contribution in [-0.2, 0) is 0 Å². The minimum Gasteiger partial charge on any atom is -0.395 e. The molecule has 14 heavy (non-hydrogen) atoms. The zero-order chi connectivity index (χ0) is 9.78. The highest BCUT2D eigenvalue weighted by atomic mass is 35.5. The van der Waals surface area contributed by atoms with Gasteiger partial charge in [0.2, 0.25) is 0 Å². The molecule has 0 aromatic rings. The number of hydrogen-bond donors (Lipinski definition) is 2. The number of halogens is 1. The van der Waals surface area contributed by atoms with Crippen LogP contribution in [0.5, 0.6) is 0 Å². The van der Waals surface area contributed by atoms with Gasteiger partial charge >= 0.3 is 0 Å². The summed E-state index contributed by atoms with van der Waals surface area (Å²) in [5.41, 5.74) is 0. The van der Waals surface area contributed by atoms with Crippen molar-refractivity contribution in [1.29, 1.82) is 0 Å². The van der Waals surface area contributed by atoms with Crippen LogP contribution < -0.4 is 5.32 Å². The molecule has 0 aliphatic carbocycles. The van der Waals surface area contributed by atoms with Crippen LogP contribution in [0, 0.1) is 0 Å². The third kappa shape index (κ3) is 14.7. The van der Waals surface area contributed by atoms with Gasteiger partial charge in [-0.25, -0.2) is 0 Å². The lowest BCUT2D eigenvalue weighted by Gasteiger charge is -2.02. The van der Waals surface area contributed by atoms with Crippen molar-refractivity contribution in [1.82, 2.24) is 5.32 Å². The van der Waals surface area contributed by atoms with Crippen molar-refractivity contribution in [3.63, 3.8) is 0 Å². The Morgan fingerprint density at radius 2 is 1.43 bits per heavy atom. The van der Waals surface area contributed by atoms with Crippen LogP contribution in [0.25, 0.3) is 0 Å². The Morgan fingerprint density at radius 1 is 0.857 bits per heavy atom. The van der Waals surface area contributed by atoms with Crippen molar-refractivity contribution >= 4 is 12.4 Å². The molecular formula is C11H26ClNO. The van der Waals surface area contributed by atoms with E-state index in [4.69, 9.17) is 5.11 Å². The topological polar surface area (TPSA) is 32.3 Å². The van der Waals surface area contributed by atoms with Crippen LogP contribution in [-0.4, -0.2) is 24.8 Å². The second-order valence-electron chi connectivity index (χ2n) is 3.59. The van der Waals surface area contributed by atoms with Gasteiger partial charge in [-0.1, -0.05) is 45.4 Å². The number of hydrogen-bond acceptors (Lipinski definition) is 2. The van der Waals surface area contributed by atoms with E-state index >= 15 is 0 Å². The van der Waals surface area contributed by atoms with Crippen LogP contribution in [0.15, 0.2) is 0 Å². The molecule has 88 valence electrons. The van der Waals surface area contributed by atoms with E-state index in [1.807, 2.05) is 0 Å². The second-order valence-corrected chi connectivity index (χ2v) is 3.59. The van der Waals surface area contributed by atoms with E-state index in [1.165, 1.54) is 44.9 Å². The van der Waals surface area contributed by atoms with Gasteiger partial charge in [0.1, 0.15) is 0 Å². The minimum atomic E-state index is 0. The van der Waals surface area contributed by atoms with Gasteiger partial charge in [0.05, 0.1) is 6.61 Å². The molecule has 0 aromatic heterocycles. The van der Waals surface area contributed by atoms with Crippen LogP contribution in [0.1, 0.15) is 51.9 Å². The first kappa shape index (κ1) is 16.6. The Labute approximate surface area is 94.9 Å². The van der Waals surface area contributed by atoms with Crippen LogP contribution in [0.4, 0.5) is 0 Å². The molecule has 0 saturated heterocycles. The highest BCUT2D eigenvalue weighted by molar-refractivity contribution is 5.85. The summed E-state index contributed by atoms with van der Waals surface area (Å²) < 4.78 is 0. The van der Waals surface area contributed by atoms with Crippen molar-refractivity contribution in [3.05, 3.63) is 0 Å². The van der Waals surface area contributed by atoms with E-state index in [-0.39, 0.29) is 19.0 Å². The molecule has 0 rings (SSSR count). The molecule has 0 atom stereocenters. The number of unbranched alkanes of at least 4 members (excludes halogenated alkanes) is 6. The summed E-state index contributed by atoms with van der Waals surface area (Å²) in [7, 11) is 0. The maximum atomic E-state index is 8.50. The van der Waals surface area contributed by atoms with Crippen LogP contribution in [0.3, 0.4) is 0 Å². The Balaban J connectivity index is 0. The molecule has 0 aliphatic heterocycles. The predicted molar refractivity (Wildman–Crippen MR) is 65.2 cm³/mol.